The normalized spacial score (nSPS) is 17.8. The molecule has 3 heterocycles. The van der Waals surface area contributed by atoms with Gasteiger partial charge in [-0.1, -0.05) is 58.0 Å². The summed E-state index contributed by atoms with van der Waals surface area (Å²) in [6, 6.07) is 12.9. The van der Waals surface area contributed by atoms with Gasteiger partial charge in [0, 0.05) is 12.7 Å². The Bertz CT molecular complexity index is 1290. The van der Waals surface area contributed by atoms with Gasteiger partial charge in [0.2, 0.25) is 0 Å². The van der Waals surface area contributed by atoms with Crippen LogP contribution < -0.4 is 0 Å². The summed E-state index contributed by atoms with van der Waals surface area (Å²) < 4.78 is 1.76. The van der Waals surface area contributed by atoms with Crippen LogP contribution in [0.3, 0.4) is 0 Å². The first-order valence-corrected chi connectivity index (χ1v) is 12.8. The number of nitrogens with zero attached hydrogens (tertiary/aromatic N) is 4. The van der Waals surface area contributed by atoms with Crippen molar-refractivity contribution < 1.29 is 14.7 Å². The molecule has 1 aliphatic rings. The van der Waals surface area contributed by atoms with E-state index >= 15 is 0 Å². The summed E-state index contributed by atoms with van der Waals surface area (Å²) in [4.78, 5) is 35.2. The molecular formula is C29H36N4O3. The van der Waals surface area contributed by atoms with E-state index in [1.54, 1.807) is 22.4 Å². The minimum atomic E-state index is -0.656. The van der Waals surface area contributed by atoms with Gasteiger partial charge in [-0.3, -0.25) is 14.0 Å². The minimum absolute atomic E-state index is 0.119. The van der Waals surface area contributed by atoms with Crippen molar-refractivity contribution in [2.75, 3.05) is 26.2 Å². The van der Waals surface area contributed by atoms with Gasteiger partial charge in [-0.25, -0.2) is 4.98 Å². The number of pyridine rings is 1. The predicted molar refractivity (Wildman–Crippen MR) is 142 cm³/mol. The van der Waals surface area contributed by atoms with E-state index in [0.717, 1.165) is 31.6 Å². The number of hydrogen-bond donors (Lipinski definition) is 1. The fourth-order valence-corrected chi connectivity index (χ4v) is 5.05. The van der Waals surface area contributed by atoms with Gasteiger partial charge >= 0.3 is 0 Å². The third-order valence-corrected chi connectivity index (χ3v) is 7.16. The Kier molecular flexibility index (Phi) is 7.59. The number of amides is 1. The second kappa shape index (κ2) is 10.7. The van der Waals surface area contributed by atoms with Crippen LogP contribution in [0.4, 0.5) is 0 Å². The largest absolute Gasteiger partial charge is 0.505 e. The third-order valence-electron chi connectivity index (χ3n) is 7.16. The highest BCUT2D eigenvalue weighted by atomic mass is 16.3. The van der Waals surface area contributed by atoms with Gasteiger partial charge < -0.3 is 14.9 Å². The van der Waals surface area contributed by atoms with Crippen molar-refractivity contribution in [2.45, 2.75) is 53.0 Å². The molecule has 190 valence electrons. The molecule has 3 aromatic rings. The molecule has 1 aliphatic heterocycles. The highest BCUT2D eigenvalue weighted by Crippen LogP contribution is 2.40. The molecule has 0 bridgehead atoms. The molecule has 7 nitrogen and oxygen atoms in total. The van der Waals surface area contributed by atoms with Gasteiger partial charge in [0.15, 0.2) is 5.76 Å². The monoisotopic (exact) mass is 488 g/mol. The maximum Gasteiger partial charge on any atom is 0.295 e. The van der Waals surface area contributed by atoms with Crippen LogP contribution >= 0.6 is 0 Å². The molecule has 0 radical (unpaired) electrons. The van der Waals surface area contributed by atoms with E-state index in [-0.39, 0.29) is 11.3 Å². The van der Waals surface area contributed by atoms with Gasteiger partial charge in [0.05, 0.1) is 17.3 Å². The Balaban J connectivity index is 1.82. The van der Waals surface area contributed by atoms with E-state index in [1.807, 2.05) is 42.5 Å². The quantitative estimate of drug-likeness (QED) is 0.263. The molecule has 0 unspecified atom stereocenters. The van der Waals surface area contributed by atoms with Crippen LogP contribution in [0.25, 0.3) is 11.4 Å². The molecule has 1 N–H and O–H groups in total. The molecule has 0 saturated carbocycles. The summed E-state index contributed by atoms with van der Waals surface area (Å²) in [5.41, 5.74) is 3.82. The number of carbonyl (C=O) groups excluding carboxylic acids is 2. The summed E-state index contributed by atoms with van der Waals surface area (Å²) in [5.74, 6) is -1.05. The molecule has 0 aliphatic carbocycles. The smallest absolute Gasteiger partial charge is 0.295 e. The lowest BCUT2D eigenvalue weighted by Crippen LogP contribution is -2.33. The second-order valence-corrected chi connectivity index (χ2v) is 9.67. The van der Waals surface area contributed by atoms with Gasteiger partial charge in [0.1, 0.15) is 11.3 Å². The van der Waals surface area contributed by atoms with Crippen molar-refractivity contribution in [3.05, 3.63) is 76.7 Å². The van der Waals surface area contributed by atoms with Crippen molar-refractivity contribution in [2.24, 2.45) is 0 Å². The van der Waals surface area contributed by atoms with Gasteiger partial charge in [0.25, 0.3) is 11.7 Å². The Hall–Kier alpha value is -3.45. The highest BCUT2D eigenvalue weighted by molar-refractivity contribution is 6.46. The van der Waals surface area contributed by atoms with Crippen LogP contribution in [0.1, 0.15) is 68.6 Å². The lowest BCUT2D eigenvalue weighted by Gasteiger charge is -2.27. The Labute approximate surface area is 213 Å². The van der Waals surface area contributed by atoms with E-state index in [9.17, 15) is 14.7 Å². The number of imidazole rings is 1. The SMILES string of the molecule is CCN(CC)CCCN1C(=O)C(=O)/C(=C(/O)c2c(C)nc3ccccn23)[C@@H]1c1ccc(C(C)C)cc1. The molecule has 4 rings (SSSR count). The summed E-state index contributed by atoms with van der Waals surface area (Å²) in [5, 5.41) is 11.6. The maximum atomic E-state index is 13.4. The molecule has 1 saturated heterocycles. The van der Waals surface area contributed by atoms with Crippen molar-refractivity contribution in [3.63, 3.8) is 0 Å². The lowest BCUT2D eigenvalue weighted by molar-refractivity contribution is -0.140. The number of Topliss-reactive ketones (excluding diaryl/α,β-unsaturated/α-hetero) is 1. The van der Waals surface area contributed by atoms with Crippen molar-refractivity contribution in [3.8, 4) is 0 Å². The summed E-state index contributed by atoms with van der Waals surface area (Å²) in [6.07, 6.45) is 2.54. The number of aromatic nitrogens is 2. The fraction of sp³-hybridized carbons (Fsp3) is 0.414. The second-order valence-electron chi connectivity index (χ2n) is 9.67. The molecule has 0 spiro atoms. The van der Waals surface area contributed by atoms with E-state index < -0.39 is 17.7 Å². The van der Waals surface area contributed by atoms with Crippen LogP contribution in [-0.4, -0.2) is 62.2 Å². The number of aryl methyl sites for hydroxylation is 1. The first-order valence-electron chi connectivity index (χ1n) is 12.8. The molecular weight excluding hydrogens is 452 g/mol. The van der Waals surface area contributed by atoms with Crippen molar-refractivity contribution >= 4 is 23.1 Å². The van der Waals surface area contributed by atoms with Gasteiger partial charge in [-0.15, -0.1) is 0 Å². The number of ketones is 1. The Morgan fingerprint density at radius 3 is 2.42 bits per heavy atom. The average Bonchev–Trinajstić information content (AvgIpc) is 3.34. The van der Waals surface area contributed by atoms with Gasteiger partial charge in [-0.05, 0) is 62.2 Å². The van der Waals surface area contributed by atoms with E-state index in [0.29, 0.717) is 29.5 Å². The minimum Gasteiger partial charge on any atom is -0.505 e. The Morgan fingerprint density at radius 2 is 1.78 bits per heavy atom. The standard InChI is InChI=1S/C29H36N4O3/c1-6-31(7-2)16-10-18-33-26(22-14-12-21(13-15-22)19(3)4)24(28(35)29(33)36)27(34)25-20(5)30-23-11-8-9-17-32(23)25/h8-9,11-15,17,19,26,34H,6-7,10,16,18H2,1-5H3/b27-24+/t26-/m0/s1. The molecule has 1 fully saturated rings. The molecule has 36 heavy (non-hydrogen) atoms. The molecule has 1 atom stereocenters. The van der Waals surface area contributed by atoms with E-state index in [1.165, 1.54) is 5.56 Å². The fourth-order valence-electron chi connectivity index (χ4n) is 5.05. The predicted octanol–water partition coefficient (Wildman–Crippen LogP) is 4.92. The average molecular weight is 489 g/mol. The number of likely N-dealkylation sites (tertiary alicyclic amines) is 1. The molecule has 2 aromatic heterocycles. The zero-order chi connectivity index (χ0) is 26.0. The number of fused-ring (bicyclic) bond motifs is 1. The van der Waals surface area contributed by atoms with Crippen molar-refractivity contribution in [1.82, 2.24) is 19.2 Å². The van der Waals surface area contributed by atoms with E-state index in [2.05, 4.69) is 37.6 Å². The first kappa shape index (κ1) is 25.6. The first-order chi connectivity index (χ1) is 17.3. The highest BCUT2D eigenvalue weighted by Gasteiger charge is 2.46. The molecule has 1 amide bonds. The summed E-state index contributed by atoms with van der Waals surface area (Å²) in [6.45, 7) is 13.4. The van der Waals surface area contributed by atoms with Crippen LogP contribution in [0.5, 0.6) is 0 Å². The summed E-state index contributed by atoms with van der Waals surface area (Å²) >= 11 is 0. The van der Waals surface area contributed by atoms with Crippen LogP contribution in [-0.2, 0) is 9.59 Å². The number of aliphatic hydroxyl groups excluding tert-OH is 1. The van der Waals surface area contributed by atoms with Crippen LogP contribution in [0, 0.1) is 6.92 Å². The van der Waals surface area contributed by atoms with Crippen LogP contribution in [0.15, 0.2) is 54.2 Å². The maximum absolute atomic E-state index is 13.4. The topological polar surface area (TPSA) is 78.2 Å². The lowest BCUT2D eigenvalue weighted by atomic mass is 9.93. The number of aliphatic hydroxyl groups is 1. The number of carbonyl (C=O) groups is 2. The third kappa shape index (κ3) is 4.67. The zero-order valence-electron chi connectivity index (χ0n) is 21.9. The summed E-state index contributed by atoms with van der Waals surface area (Å²) in [7, 11) is 0. The zero-order valence-corrected chi connectivity index (χ0v) is 21.9. The Morgan fingerprint density at radius 1 is 1.08 bits per heavy atom. The molecule has 7 heteroatoms. The number of rotatable bonds is 9. The van der Waals surface area contributed by atoms with Crippen LogP contribution in [0.2, 0.25) is 0 Å². The number of hydrogen-bond acceptors (Lipinski definition) is 5. The van der Waals surface area contributed by atoms with Gasteiger partial charge in [-0.2, -0.15) is 0 Å². The van der Waals surface area contributed by atoms with Crippen molar-refractivity contribution in [1.29, 1.82) is 0 Å². The van der Waals surface area contributed by atoms with E-state index in [4.69, 9.17) is 0 Å². The molecule has 1 aromatic carbocycles. The number of benzene rings is 1.